The lowest BCUT2D eigenvalue weighted by molar-refractivity contribution is -0.113. The lowest BCUT2D eigenvalue weighted by atomic mass is 10.3. The SMILES string of the molecule is Cc1cc(NC(=O)CSc2nnc(C3CC3)n2C2CC2)n(-c2ccccc2)n1. The van der Waals surface area contributed by atoms with Gasteiger partial charge in [0.25, 0.3) is 0 Å². The molecule has 2 aliphatic rings. The van der Waals surface area contributed by atoms with Gasteiger partial charge in [-0.15, -0.1) is 10.2 Å². The van der Waals surface area contributed by atoms with Crippen molar-refractivity contribution in [3.63, 3.8) is 0 Å². The molecule has 2 aromatic heterocycles. The predicted molar refractivity (Wildman–Crippen MR) is 108 cm³/mol. The van der Waals surface area contributed by atoms with Crippen LogP contribution in [0.3, 0.4) is 0 Å². The minimum absolute atomic E-state index is 0.0691. The second-order valence-corrected chi connectivity index (χ2v) is 8.41. The lowest BCUT2D eigenvalue weighted by Gasteiger charge is -2.10. The highest BCUT2D eigenvalue weighted by Crippen LogP contribution is 2.45. The maximum absolute atomic E-state index is 12.6. The molecule has 5 rings (SSSR count). The fraction of sp³-hybridized carbons (Fsp3) is 0.400. The zero-order chi connectivity index (χ0) is 19.1. The van der Waals surface area contributed by atoms with E-state index in [1.807, 2.05) is 43.3 Å². The van der Waals surface area contributed by atoms with E-state index in [0.717, 1.165) is 22.4 Å². The highest BCUT2D eigenvalue weighted by Gasteiger charge is 2.36. The summed E-state index contributed by atoms with van der Waals surface area (Å²) in [7, 11) is 0. The number of anilines is 1. The molecule has 0 aliphatic heterocycles. The number of amides is 1. The van der Waals surface area contributed by atoms with E-state index < -0.39 is 0 Å². The minimum Gasteiger partial charge on any atom is -0.310 e. The number of aryl methyl sites for hydroxylation is 1. The van der Waals surface area contributed by atoms with Gasteiger partial charge in [0.15, 0.2) is 5.16 Å². The van der Waals surface area contributed by atoms with Crippen molar-refractivity contribution in [1.29, 1.82) is 0 Å². The number of carbonyl (C=O) groups is 1. The molecule has 2 saturated carbocycles. The Kier molecular flexibility index (Phi) is 4.43. The summed E-state index contributed by atoms with van der Waals surface area (Å²) in [5.41, 5.74) is 1.77. The van der Waals surface area contributed by atoms with Gasteiger partial charge >= 0.3 is 0 Å². The first kappa shape index (κ1) is 17.5. The van der Waals surface area contributed by atoms with E-state index in [4.69, 9.17) is 0 Å². The van der Waals surface area contributed by atoms with Gasteiger partial charge in [-0.05, 0) is 44.7 Å². The Morgan fingerprint density at radius 1 is 1.18 bits per heavy atom. The van der Waals surface area contributed by atoms with Crippen molar-refractivity contribution in [3.8, 4) is 5.69 Å². The number of carbonyl (C=O) groups excluding carboxylic acids is 1. The van der Waals surface area contributed by atoms with Gasteiger partial charge < -0.3 is 9.88 Å². The first-order valence-corrected chi connectivity index (χ1v) is 10.7. The molecule has 0 atom stereocenters. The predicted octanol–water partition coefficient (Wildman–Crippen LogP) is 3.72. The third kappa shape index (κ3) is 3.56. The Balaban J connectivity index is 1.28. The van der Waals surface area contributed by atoms with Crippen molar-refractivity contribution in [2.45, 2.75) is 49.7 Å². The van der Waals surface area contributed by atoms with Gasteiger partial charge in [0.1, 0.15) is 11.6 Å². The third-order valence-electron chi connectivity index (χ3n) is 4.98. The molecule has 28 heavy (non-hydrogen) atoms. The van der Waals surface area contributed by atoms with E-state index in [9.17, 15) is 4.79 Å². The van der Waals surface area contributed by atoms with E-state index >= 15 is 0 Å². The number of nitrogens with one attached hydrogen (secondary N) is 1. The number of hydrogen-bond acceptors (Lipinski definition) is 5. The van der Waals surface area contributed by atoms with Crippen LogP contribution in [0.2, 0.25) is 0 Å². The van der Waals surface area contributed by atoms with Crippen molar-refractivity contribution in [1.82, 2.24) is 24.5 Å². The summed E-state index contributed by atoms with van der Waals surface area (Å²) < 4.78 is 4.03. The van der Waals surface area contributed by atoms with Crippen LogP contribution in [0, 0.1) is 6.92 Å². The molecule has 144 valence electrons. The van der Waals surface area contributed by atoms with Crippen LogP contribution in [0.4, 0.5) is 5.82 Å². The highest BCUT2D eigenvalue weighted by atomic mass is 32.2. The summed E-state index contributed by atoms with van der Waals surface area (Å²) in [4.78, 5) is 12.6. The topological polar surface area (TPSA) is 77.6 Å². The number of benzene rings is 1. The Bertz CT molecular complexity index is 1000. The fourth-order valence-electron chi connectivity index (χ4n) is 3.35. The Morgan fingerprint density at radius 2 is 1.96 bits per heavy atom. The molecule has 2 aliphatic carbocycles. The smallest absolute Gasteiger partial charge is 0.236 e. The molecule has 8 heteroatoms. The molecule has 1 amide bonds. The fourth-order valence-corrected chi connectivity index (χ4v) is 4.16. The molecule has 0 radical (unpaired) electrons. The summed E-state index contributed by atoms with van der Waals surface area (Å²) in [6, 6.07) is 12.2. The second-order valence-electron chi connectivity index (χ2n) is 7.47. The van der Waals surface area contributed by atoms with Crippen molar-refractivity contribution in [2.75, 3.05) is 11.1 Å². The number of thioether (sulfide) groups is 1. The molecule has 0 saturated heterocycles. The monoisotopic (exact) mass is 394 g/mol. The number of para-hydroxylation sites is 1. The molecule has 1 N–H and O–H groups in total. The van der Waals surface area contributed by atoms with Gasteiger partial charge in [0.05, 0.1) is 17.1 Å². The number of hydrogen-bond donors (Lipinski definition) is 1. The van der Waals surface area contributed by atoms with Crippen LogP contribution in [0.1, 0.15) is 49.2 Å². The molecule has 1 aromatic carbocycles. The third-order valence-corrected chi connectivity index (χ3v) is 5.92. The van der Waals surface area contributed by atoms with Crippen LogP contribution >= 0.6 is 11.8 Å². The normalized spacial score (nSPS) is 16.3. The van der Waals surface area contributed by atoms with Crippen molar-refractivity contribution >= 4 is 23.5 Å². The molecule has 3 aromatic rings. The van der Waals surface area contributed by atoms with E-state index in [2.05, 4.69) is 25.2 Å². The van der Waals surface area contributed by atoms with Crippen LogP contribution in [0.5, 0.6) is 0 Å². The van der Waals surface area contributed by atoms with Crippen molar-refractivity contribution in [2.24, 2.45) is 0 Å². The highest BCUT2D eigenvalue weighted by molar-refractivity contribution is 7.99. The largest absolute Gasteiger partial charge is 0.310 e. The van der Waals surface area contributed by atoms with Gasteiger partial charge in [0, 0.05) is 18.0 Å². The molecule has 2 heterocycles. The molecule has 0 unspecified atom stereocenters. The zero-order valence-electron chi connectivity index (χ0n) is 15.7. The summed E-state index contributed by atoms with van der Waals surface area (Å²) in [5, 5.41) is 17.1. The Morgan fingerprint density at radius 3 is 2.68 bits per heavy atom. The average Bonchev–Trinajstić information content (AvgIpc) is 3.63. The lowest BCUT2D eigenvalue weighted by Crippen LogP contribution is -2.17. The van der Waals surface area contributed by atoms with E-state index in [1.165, 1.54) is 37.4 Å². The first-order valence-electron chi connectivity index (χ1n) is 9.68. The molecular weight excluding hydrogens is 372 g/mol. The molecule has 2 fully saturated rings. The van der Waals surface area contributed by atoms with Crippen molar-refractivity contribution < 1.29 is 4.79 Å². The van der Waals surface area contributed by atoms with Gasteiger partial charge in [-0.25, -0.2) is 4.68 Å². The standard InChI is InChI=1S/C20H22N6OS/c1-13-11-17(26(24-13)16-5-3-2-4-6-16)21-18(27)12-28-20-23-22-19(14-7-8-14)25(20)15-9-10-15/h2-6,11,14-15H,7-10,12H2,1H3,(H,21,27). The second kappa shape index (κ2) is 7.09. The van der Waals surface area contributed by atoms with Crippen LogP contribution in [-0.4, -0.2) is 36.2 Å². The summed E-state index contributed by atoms with van der Waals surface area (Å²) >= 11 is 1.46. The van der Waals surface area contributed by atoms with Crippen LogP contribution < -0.4 is 5.32 Å². The Hall–Kier alpha value is -2.61. The quantitative estimate of drug-likeness (QED) is 0.618. The van der Waals surface area contributed by atoms with E-state index in [1.54, 1.807) is 4.68 Å². The number of nitrogens with zero attached hydrogens (tertiary/aromatic N) is 5. The average molecular weight is 395 g/mol. The molecular formula is C20H22N6OS. The van der Waals surface area contributed by atoms with E-state index in [-0.39, 0.29) is 5.91 Å². The molecule has 7 nitrogen and oxygen atoms in total. The summed E-state index contributed by atoms with van der Waals surface area (Å²) in [6.07, 6.45) is 4.79. The number of rotatable bonds is 7. The van der Waals surface area contributed by atoms with Crippen LogP contribution in [-0.2, 0) is 4.79 Å². The van der Waals surface area contributed by atoms with Crippen LogP contribution in [0.25, 0.3) is 5.69 Å². The first-order chi connectivity index (χ1) is 13.7. The summed E-state index contributed by atoms with van der Waals surface area (Å²) in [6.45, 7) is 1.92. The maximum atomic E-state index is 12.6. The molecule has 0 bridgehead atoms. The summed E-state index contributed by atoms with van der Waals surface area (Å²) in [5.74, 6) is 2.59. The van der Waals surface area contributed by atoms with Gasteiger partial charge in [-0.1, -0.05) is 30.0 Å². The Labute approximate surface area is 167 Å². The van der Waals surface area contributed by atoms with E-state index in [0.29, 0.717) is 23.5 Å². The zero-order valence-corrected chi connectivity index (χ0v) is 16.5. The minimum atomic E-state index is -0.0691. The van der Waals surface area contributed by atoms with Gasteiger partial charge in [-0.2, -0.15) is 5.10 Å². The van der Waals surface area contributed by atoms with Crippen LogP contribution in [0.15, 0.2) is 41.6 Å². The number of aromatic nitrogens is 5. The maximum Gasteiger partial charge on any atom is 0.236 e. The molecule has 0 spiro atoms. The van der Waals surface area contributed by atoms with Gasteiger partial charge in [0.2, 0.25) is 5.91 Å². The van der Waals surface area contributed by atoms with Gasteiger partial charge in [-0.3, -0.25) is 4.79 Å². The van der Waals surface area contributed by atoms with Crippen molar-refractivity contribution in [3.05, 3.63) is 47.9 Å².